The van der Waals surface area contributed by atoms with E-state index in [9.17, 15) is 18.8 Å². The zero-order valence-corrected chi connectivity index (χ0v) is 15.5. The van der Waals surface area contributed by atoms with E-state index >= 15 is 0 Å². The van der Waals surface area contributed by atoms with E-state index in [4.69, 9.17) is 9.84 Å². The lowest BCUT2D eigenvalue weighted by Crippen LogP contribution is -2.38. The molecule has 1 unspecified atom stereocenters. The van der Waals surface area contributed by atoms with Crippen molar-refractivity contribution in [2.45, 2.75) is 25.8 Å². The van der Waals surface area contributed by atoms with Crippen LogP contribution in [0.5, 0.6) is 5.75 Å². The zero-order valence-electron chi connectivity index (χ0n) is 15.5. The maximum absolute atomic E-state index is 13.7. The standard InChI is InChI=1S/C20H21FN2O5/c1-12(20(26)27)22-19(25)14-5-7-15(8-6-14)23-18(24)10-4-13-3-9-17(28-2)16(21)11-13/h3,5-9,11-12H,4,10H2,1-2H3,(H,22,25)(H,23,24)(H,26,27). The summed E-state index contributed by atoms with van der Waals surface area (Å²) in [5.74, 6) is -2.24. The summed E-state index contributed by atoms with van der Waals surface area (Å²) >= 11 is 0. The predicted molar refractivity (Wildman–Crippen MR) is 101 cm³/mol. The van der Waals surface area contributed by atoms with Gasteiger partial charge in [-0.1, -0.05) is 6.07 Å². The fourth-order valence-corrected chi connectivity index (χ4v) is 2.39. The SMILES string of the molecule is COc1ccc(CCC(=O)Nc2ccc(C(=O)NC(C)C(=O)O)cc2)cc1F. The van der Waals surface area contributed by atoms with E-state index in [1.165, 1.54) is 38.3 Å². The van der Waals surface area contributed by atoms with Crippen LogP contribution >= 0.6 is 0 Å². The summed E-state index contributed by atoms with van der Waals surface area (Å²) in [5, 5.41) is 13.8. The number of amides is 2. The summed E-state index contributed by atoms with van der Waals surface area (Å²) in [6, 6.07) is 9.60. The molecular weight excluding hydrogens is 367 g/mol. The second-order valence-corrected chi connectivity index (χ2v) is 6.13. The predicted octanol–water partition coefficient (Wildman–Crippen LogP) is 2.61. The number of ether oxygens (including phenoxy) is 1. The third-order valence-corrected chi connectivity index (χ3v) is 4.01. The minimum absolute atomic E-state index is 0.148. The molecule has 28 heavy (non-hydrogen) atoms. The second kappa shape index (κ2) is 9.50. The number of carbonyl (C=O) groups is 3. The zero-order chi connectivity index (χ0) is 20.7. The Bertz CT molecular complexity index is 867. The molecule has 0 aliphatic heterocycles. The number of nitrogens with one attached hydrogen (secondary N) is 2. The average molecular weight is 388 g/mol. The first-order chi connectivity index (χ1) is 13.3. The van der Waals surface area contributed by atoms with Crippen molar-refractivity contribution in [2.75, 3.05) is 12.4 Å². The van der Waals surface area contributed by atoms with Crippen LogP contribution < -0.4 is 15.4 Å². The number of hydrogen-bond acceptors (Lipinski definition) is 4. The molecule has 2 rings (SSSR count). The Labute approximate surface area is 161 Å². The van der Waals surface area contributed by atoms with Gasteiger partial charge in [-0.05, 0) is 55.3 Å². The molecule has 0 fully saturated rings. The monoisotopic (exact) mass is 388 g/mol. The molecule has 0 saturated carbocycles. The van der Waals surface area contributed by atoms with E-state index in [0.29, 0.717) is 17.7 Å². The molecule has 2 aromatic carbocycles. The van der Waals surface area contributed by atoms with Crippen LogP contribution in [0, 0.1) is 5.82 Å². The van der Waals surface area contributed by atoms with E-state index in [0.717, 1.165) is 0 Å². The minimum Gasteiger partial charge on any atom is -0.494 e. The Morgan fingerprint density at radius 2 is 1.82 bits per heavy atom. The molecular formula is C20H21FN2O5. The molecule has 1 atom stereocenters. The van der Waals surface area contributed by atoms with Gasteiger partial charge in [-0.3, -0.25) is 14.4 Å². The van der Waals surface area contributed by atoms with Gasteiger partial charge < -0.3 is 20.5 Å². The summed E-state index contributed by atoms with van der Waals surface area (Å²) < 4.78 is 18.5. The fourth-order valence-electron chi connectivity index (χ4n) is 2.39. The topological polar surface area (TPSA) is 105 Å². The number of hydrogen-bond donors (Lipinski definition) is 3. The van der Waals surface area contributed by atoms with Gasteiger partial charge in [0.05, 0.1) is 7.11 Å². The van der Waals surface area contributed by atoms with Crippen molar-refractivity contribution in [3.63, 3.8) is 0 Å². The van der Waals surface area contributed by atoms with E-state index < -0.39 is 23.7 Å². The average Bonchev–Trinajstić information content (AvgIpc) is 2.66. The van der Waals surface area contributed by atoms with Gasteiger partial charge in [0.2, 0.25) is 5.91 Å². The molecule has 0 aromatic heterocycles. The highest BCUT2D eigenvalue weighted by Crippen LogP contribution is 2.18. The fraction of sp³-hybridized carbons (Fsp3) is 0.250. The lowest BCUT2D eigenvalue weighted by atomic mass is 10.1. The quantitative estimate of drug-likeness (QED) is 0.645. The molecule has 2 aromatic rings. The number of benzene rings is 2. The van der Waals surface area contributed by atoms with Crippen LogP contribution in [-0.4, -0.2) is 36.0 Å². The maximum atomic E-state index is 13.7. The first-order valence-electron chi connectivity index (χ1n) is 8.56. The first kappa shape index (κ1) is 20.9. The van der Waals surface area contributed by atoms with Gasteiger partial charge >= 0.3 is 5.97 Å². The van der Waals surface area contributed by atoms with Crippen LogP contribution in [0.3, 0.4) is 0 Å². The largest absolute Gasteiger partial charge is 0.494 e. The molecule has 7 nitrogen and oxygen atoms in total. The normalized spacial score (nSPS) is 11.4. The van der Waals surface area contributed by atoms with Gasteiger partial charge in [-0.15, -0.1) is 0 Å². The van der Waals surface area contributed by atoms with Crippen LogP contribution in [-0.2, 0) is 16.0 Å². The summed E-state index contributed by atoms with van der Waals surface area (Å²) in [6.07, 6.45) is 0.518. The summed E-state index contributed by atoms with van der Waals surface area (Å²) in [6.45, 7) is 1.36. The number of anilines is 1. The van der Waals surface area contributed by atoms with Crippen LogP contribution in [0.2, 0.25) is 0 Å². The van der Waals surface area contributed by atoms with Crippen LogP contribution in [0.15, 0.2) is 42.5 Å². The Kier molecular flexibility index (Phi) is 7.08. The number of aliphatic carboxylic acids is 1. The van der Waals surface area contributed by atoms with E-state index in [-0.39, 0.29) is 23.6 Å². The number of halogens is 1. The number of carbonyl (C=O) groups excluding carboxylic acids is 2. The highest BCUT2D eigenvalue weighted by atomic mass is 19.1. The third kappa shape index (κ3) is 5.80. The number of carboxylic acids is 1. The number of rotatable bonds is 8. The van der Waals surface area contributed by atoms with Gasteiger partial charge in [0.15, 0.2) is 11.6 Å². The van der Waals surface area contributed by atoms with Gasteiger partial charge in [0, 0.05) is 17.7 Å². The highest BCUT2D eigenvalue weighted by Gasteiger charge is 2.15. The second-order valence-electron chi connectivity index (χ2n) is 6.13. The smallest absolute Gasteiger partial charge is 0.325 e. The number of carboxylic acid groups (broad SMARTS) is 1. The molecule has 0 aliphatic rings. The summed E-state index contributed by atoms with van der Waals surface area (Å²) in [7, 11) is 1.38. The van der Waals surface area contributed by atoms with E-state index in [1.54, 1.807) is 18.2 Å². The Hall–Kier alpha value is -3.42. The van der Waals surface area contributed by atoms with Crippen LogP contribution in [0.25, 0.3) is 0 Å². The maximum Gasteiger partial charge on any atom is 0.325 e. The van der Waals surface area contributed by atoms with Gasteiger partial charge in [-0.2, -0.15) is 0 Å². The minimum atomic E-state index is -1.13. The van der Waals surface area contributed by atoms with Crippen molar-refractivity contribution in [1.82, 2.24) is 5.32 Å². The molecule has 0 spiro atoms. The number of aryl methyl sites for hydroxylation is 1. The first-order valence-corrected chi connectivity index (χ1v) is 8.56. The van der Waals surface area contributed by atoms with Crippen molar-refractivity contribution < 1.29 is 28.6 Å². The molecule has 0 saturated heterocycles. The van der Waals surface area contributed by atoms with Gasteiger partial charge in [-0.25, -0.2) is 4.39 Å². The Balaban J connectivity index is 1.87. The number of methoxy groups -OCH3 is 1. The molecule has 0 bridgehead atoms. The van der Waals surface area contributed by atoms with Crippen molar-refractivity contribution >= 4 is 23.5 Å². The van der Waals surface area contributed by atoms with E-state index in [1.807, 2.05) is 0 Å². The van der Waals surface area contributed by atoms with Crippen LogP contribution in [0.1, 0.15) is 29.3 Å². The van der Waals surface area contributed by atoms with Gasteiger partial charge in [0.25, 0.3) is 5.91 Å². The lowest BCUT2D eigenvalue weighted by Gasteiger charge is -2.10. The molecule has 0 aliphatic carbocycles. The van der Waals surface area contributed by atoms with Crippen molar-refractivity contribution in [3.05, 3.63) is 59.4 Å². The summed E-state index contributed by atoms with van der Waals surface area (Å²) in [5.41, 5.74) is 1.45. The third-order valence-electron chi connectivity index (χ3n) is 4.01. The molecule has 148 valence electrons. The molecule has 3 N–H and O–H groups in total. The van der Waals surface area contributed by atoms with Crippen molar-refractivity contribution in [3.8, 4) is 5.75 Å². The van der Waals surface area contributed by atoms with Crippen LogP contribution in [0.4, 0.5) is 10.1 Å². The lowest BCUT2D eigenvalue weighted by molar-refractivity contribution is -0.138. The Morgan fingerprint density at radius 1 is 1.14 bits per heavy atom. The molecule has 2 amide bonds. The van der Waals surface area contributed by atoms with Gasteiger partial charge in [0.1, 0.15) is 6.04 Å². The molecule has 8 heteroatoms. The molecule has 0 radical (unpaired) electrons. The van der Waals surface area contributed by atoms with Crippen molar-refractivity contribution in [2.24, 2.45) is 0 Å². The summed E-state index contributed by atoms with van der Waals surface area (Å²) in [4.78, 5) is 34.8. The van der Waals surface area contributed by atoms with E-state index in [2.05, 4.69) is 10.6 Å². The highest BCUT2D eigenvalue weighted by molar-refractivity contribution is 5.97. The van der Waals surface area contributed by atoms with Crippen molar-refractivity contribution in [1.29, 1.82) is 0 Å². The molecule has 0 heterocycles. The Morgan fingerprint density at radius 3 is 2.39 bits per heavy atom.